The van der Waals surface area contributed by atoms with Crippen molar-refractivity contribution in [3.8, 4) is 22.9 Å². The van der Waals surface area contributed by atoms with Gasteiger partial charge < -0.3 is 14.5 Å². The third-order valence-electron chi connectivity index (χ3n) is 4.23. The molecule has 0 atom stereocenters. The Morgan fingerprint density at radius 2 is 1.60 bits per heavy atom. The Hall–Kier alpha value is -3.34. The molecule has 1 aromatic heterocycles. The lowest BCUT2D eigenvalue weighted by Gasteiger charge is -2.09. The highest BCUT2D eigenvalue weighted by Gasteiger charge is 2.12. The summed E-state index contributed by atoms with van der Waals surface area (Å²) in [7, 11) is 3.09. The fourth-order valence-electron chi connectivity index (χ4n) is 2.94. The van der Waals surface area contributed by atoms with Crippen LogP contribution < -0.4 is 15.0 Å². The maximum atomic E-state index is 12.5. The standard InChI is InChI=1S/C20H16N2O3/c1-24-17-10-15-16(11-18(17)25-2)21-19(22-20(15)23)14-8-7-12-5-3-4-6-13(12)9-14/h3-11H,1-2H3,(H,21,22,23). The van der Waals surface area contributed by atoms with Gasteiger partial charge in [-0.1, -0.05) is 36.4 Å². The van der Waals surface area contributed by atoms with Crippen LogP contribution in [0.2, 0.25) is 0 Å². The van der Waals surface area contributed by atoms with Crippen molar-refractivity contribution in [1.29, 1.82) is 0 Å². The number of hydrogen-bond acceptors (Lipinski definition) is 4. The van der Waals surface area contributed by atoms with Gasteiger partial charge in [0.15, 0.2) is 11.5 Å². The van der Waals surface area contributed by atoms with Crippen LogP contribution in [-0.2, 0) is 0 Å². The van der Waals surface area contributed by atoms with Gasteiger partial charge in [-0.25, -0.2) is 4.98 Å². The van der Waals surface area contributed by atoms with Gasteiger partial charge in [-0.2, -0.15) is 0 Å². The topological polar surface area (TPSA) is 64.2 Å². The summed E-state index contributed by atoms with van der Waals surface area (Å²) < 4.78 is 10.6. The van der Waals surface area contributed by atoms with E-state index in [0.717, 1.165) is 16.3 Å². The van der Waals surface area contributed by atoms with Crippen LogP contribution in [0.25, 0.3) is 33.1 Å². The second kappa shape index (κ2) is 5.94. The smallest absolute Gasteiger partial charge is 0.259 e. The van der Waals surface area contributed by atoms with Crippen LogP contribution in [0.15, 0.2) is 59.4 Å². The molecule has 1 N–H and O–H groups in total. The van der Waals surface area contributed by atoms with Crippen molar-refractivity contribution in [2.24, 2.45) is 0 Å². The molecule has 0 amide bonds. The van der Waals surface area contributed by atoms with Crippen molar-refractivity contribution in [3.63, 3.8) is 0 Å². The number of aromatic nitrogens is 2. The summed E-state index contributed by atoms with van der Waals surface area (Å²) in [6.07, 6.45) is 0. The normalized spacial score (nSPS) is 11.0. The predicted octanol–water partition coefficient (Wildman–Crippen LogP) is 3.76. The molecule has 0 aliphatic rings. The van der Waals surface area contributed by atoms with E-state index in [0.29, 0.717) is 28.2 Å². The molecule has 0 radical (unpaired) electrons. The van der Waals surface area contributed by atoms with E-state index in [4.69, 9.17) is 9.47 Å². The van der Waals surface area contributed by atoms with Gasteiger partial charge in [0.2, 0.25) is 0 Å². The van der Waals surface area contributed by atoms with Gasteiger partial charge in [-0.05, 0) is 22.9 Å². The first kappa shape index (κ1) is 15.2. The summed E-state index contributed by atoms with van der Waals surface area (Å²) in [6, 6.07) is 17.4. The molecule has 0 spiro atoms. The second-order valence-corrected chi connectivity index (χ2v) is 5.70. The lowest BCUT2D eigenvalue weighted by molar-refractivity contribution is 0.355. The number of ether oxygens (including phenoxy) is 2. The zero-order chi connectivity index (χ0) is 17.4. The zero-order valence-corrected chi connectivity index (χ0v) is 13.9. The summed E-state index contributed by atoms with van der Waals surface area (Å²) in [6.45, 7) is 0. The molecule has 0 aliphatic carbocycles. The van der Waals surface area contributed by atoms with E-state index < -0.39 is 0 Å². The third-order valence-corrected chi connectivity index (χ3v) is 4.23. The van der Waals surface area contributed by atoms with Crippen molar-refractivity contribution < 1.29 is 9.47 Å². The lowest BCUT2D eigenvalue weighted by atomic mass is 10.1. The van der Waals surface area contributed by atoms with Gasteiger partial charge in [0.05, 0.1) is 25.1 Å². The molecule has 4 aromatic rings. The highest BCUT2D eigenvalue weighted by molar-refractivity contribution is 5.88. The minimum Gasteiger partial charge on any atom is -0.493 e. The third kappa shape index (κ3) is 2.59. The molecule has 3 aromatic carbocycles. The number of methoxy groups -OCH3 is 2. The number of benzene rings is 3. The summed E-state index contributed by atoms with van der Waals surface area (Å²) in [5.41, 5.74) is 1.20. The van der Waals surface area contributed by atoms with Crippen molar-refractivity contribution in [3.05, 3.63) is 65.0 Å². The van der Waals surface area contributed by atoms with E-state index in [2.05, 4.69) is 9.97 Å². The number of aromatic amines is 1. The molecule has 4 rings (SSSR count). The average Bonchev–Trinajstić information content (AvgIpc) is 2.66. The maximum absolute atomic E-state index is 12.5. The number of nitrogens with zero attached hydrogens (tertiary/aromatic N) is 1. The van der Waals surface area contributed by atoms with Gasteiger partial charge in [0, 0.05) is 11.6 Å². The van der Waals surface area contributed by atoms with Crippen LogP contribution in [0.3, 0.4) is 0 Å². The largest absolute Gasteiger partial charge is 0.493 e. The molecule has 5 nitrogen and oxygen atoms in total. The van der Waals surface area contributed by atoms with Gasteiger partial charge in [-0.15, -0.1) is 0 Å². The SMILES string of the molecule is COc1cc2nc(-c3ccc4ccccc4c3)[nH]c(=O)c2cc1OC. The van der Waals surface area contributed by atoms with E-state index in [1.54, 1.807) is 19.2 Å². The molecule has 0 fully saturated rings. The fraction of sp³-hybridized carbons (Fsp3) is 0.100. The van der Waals surface area contributed by atoms with E-state index in [1.165, 1.54) is 7.11 Å². The van der Waals surface area contributed by atoms with Gasteiger partial charge in [-0.3, -0.25) is 4.79 Å². The first-order valence-corrected chi connectivity index (χ1v) is 7.85. The molecule has 25 heavy (non-hydrogen) atoms. The first-order chi connectivity index (χ1) is 12.2. The molecule has 0 aliphatic heterocycles. The highest BCUT2D eigenvalue weighted by atomic mass is 16.5. The summed E-state index contributed by atoms with van der Waals surface area (Å²) in [4.78, 5) is 20.0. The fourth-order valence-corrected chi connectivity index (χ4v) is 2.94. The summed E-state index contributed by atoms with van der Waals surface area (Å²) in [5, 5.41) is 2.69. The number of H-pyrrole nitrogens is 1. The Morgan fingerprint density at radius 1 is 0.880 bits per heavy atom. The number of rotatable bonds is 3. The number of nitrogens with one attached hydrogen (secondary N) is 1. The molecular formula is C20H16N2O3. The van der Waals surface area contributed by atoms with Crippen LogP contribution >= 0.6 is 0 Å². The van der Waals surface area contributed by atoms with Crippen LogP contribution in [-0.4, -0.2) is 24.2 Å². The van der Waals surface area contributed by atoms with E-state index in [9.17, 15) is 4.79 Å². The van der Waals surface area contributed by atoms with Crippen LogP contribution in [0.1, 0.15) is 0 Å². The van der Waals surface area contributed by atoms with Crippen molar-refractivity contribution in [2.45, 2.75) is 0 Å². The highest BCUT2D eigenvalue weighted by Crippen LogP contribution is 2.31. The second-order valence-electron chi connectivity index (χ2n) is 5.70. The van der Waals surface area contributed by atoms with Crippen LogP contribution in [0.5, 0.6) is 11.5 Å². The quantitative estimate of drug-likeness (QED) is 0.620. The Morgan fingerprint density at radius 3 is 2.36 bits per heavy atom. The van der Waals surface area contributed by atoms with E-state index in [-0.39, 0.29) is 5.56 Å². The van der Waals surface area contributed by atoms with E-state index >= 15 is 0 Å². The molecular weight excluding hydrogens is 316 g/mol. The minimum atomic E-state index is -0.214. The zero-order valence-electron chi connectivity index (χ0n) is 13.9. The van der Waals surface area contributed by atoms with Crippen molar-refractivity contribution >= 4 is 21.7 Å². The first-order valence-electron chi connectivity index (χ1n) is 7.85. The van der Waals surface area contributed by atoms with Crippen molar-refractivity contribution in [1.82, 2.24) is 9.97 Å². The molecule has 5 heteroatoms. The van der Waals surface area contributed by atoms with Crippen LogP contribution in [0, 0.1) is 0 Å². The monoisotopic (exact) mass is 332 g/mol. The Bertz CT molecular complexity index is 1150. The molecule has 0 saturated carbocycles. The molecule has 0 unspecified atom stereocenters. The minimum absolute atomic E-state index is 0.214. The Balaban J connectivity index is 1.93. The summed E-state index contributed by atoms with van der Waals surface area (Å²) >= 11 is 0. The number of fused-ring (bicyclic) bond motifs is 2. The number of hydrogen-bond donors (Lipinski definition) is 1. The van der Waals surface area contributed by atoms with Gasteiger partial charge in [0.25, 0.3) is 5.56 Å². The molecule has 0 saturated heterocycles. The molecule has 0 bridgehead atoms. The average molecular weight is 332 g/mol. The van der Waals surface area contributed by atoms with Gasteiger partial charge >= 0.3 is 0 Å². The van der Waals surface area contributed by atoms with Crippen LogP contribution in [0.4, 0.5) is 0 Å². The maximum Gasteiger partial charge on any atom is 0.259 e. The lowest BCUT2D eigenvalue weighted by Crippen LogP contribution is -2.10. The molecule has 1 heterocycles. The Labute approximate surface area is 143 Å². The van der Waals surface area contributed by atoms with E-state index in [1.807, 2.05) is 42.5 Å². The summed E-state index contributed by atoms with van der Waals surface area (Å²) in [5.74, 6) is 1.56. The Kier molecular flexibility index (Phi) is 3.61. The predicted molar refractivity (Wildman–Crippen MR) is 98.4 cm³/mol. The van der Waals surface area contributed by atoms with Crippen molar-refractivity contribution in [2.75, 3.05) is 14.2 Å². The molecule has 124 valence electrons. The van der Waals surface area contributed by atoms with Gasteiger partial charge in [0.1, 0.15) is 5.82 Å².